The zero-order valence-electron chi connectivity index (χ0n) is 2.51. The van der Waals surface area contributed by atoms with Crippen LogP contribution in [0.2, 0.25) is 0 Å². The van der Waals surface area contributed by atoms with Crippen molar-refractivity contribution in [2.24, 2.45) is 0 Å². The molecule has 0 unspecified atom stereocenters. The molecule has 3 heteroatoms. The Balaban J connectivity index is 2.85. The SMILES string of the molecule is C=C(O)OS. The Morgan fingerprint density at radius 3 is 2.20 bits per heavy atom. The van der Waals surface area contributed by atoms with E-state index < -0.39 is 0 Å². The molecule has 0 spiro atoms. The molecule has 0 bridgehead atoms. The van der Waals surface area contributed by atoms with E-state index in [1.165, 1.54) is 0 Å². The highest BCUT2D eigenvalue weighted by molar-refractivity contribution is 7.75. The van der Waals surface area contributed by atoms with Gasteiger partial charge in [-0.15, -0.1) is 0 Å². The Kier molecular flexibility index (Phi) is 1.84. The zero-order valence-corrected chi connectivity index (χ0v) is 3.40. The molecule has 0 aliphatic heterocycles. The summed E-state index contributed by atoms with van der Waals surface area (Å²) in [5.41, 5.74) is 0. The molecule has 2 nitrogen and oxygen atoms in total. The summed E-state index contributed by atoms with van der Waals surface area (Å²) in [4.78, 5) is 0. The van der Waals surface area contributed by atoms with E-state index >= 15 is 0 Å². The molecule has 0 radical (unpaired) electrons. The lowest BCUT2D eigenvalue weighted by molar-refractivity contribution is 0.240. The summed E-state index contributed by atoms with van der Waals surface area (Å²) >= 11 is 3.17. The van der Waals surface area contributed by atoms with Gasteiger partial charge in [0, 0.05) is 12.9 Å². The minimum absolute atomic E-state index is 0.381. The third-order valence-corrected chi connectivity index (χ3v) is 0.316. The highest BCUT2D eigenvalue weighted by atomic mass is 32.1. The summed E-state index contributed by atoms with van der Waals surface area (Å²) in [5, 5.41) is 7.87. The standard InChI is InChI=1S/C2H4O2S/c1-2(3)4-5/h3,5H,1H2. The van der Waals surface area contributed by atoms with Gasteiger partial charge in [0.1, 0.15) is 0 Å². The smallest absolute Gasteiger partial charge is 0.281 e. The van der Waals surface area contributed by atoms with Crippen molar-refractivity contribution in [3.05, 3.63) is 12.5 Å². The molecule has 0 rings (SSSR count). The molecule has 5 heavy (non-hydrogen) atoms. The molecule has 0 aromatic carbocycles. The summed E-state index contributed by atoms with van der Waals surface area (Å²) in [5.74, 6) is -0.381. The van der Waals surface area contributed by atoms with E-state index in [9.17, 15) is 0 Å². The van der Waals surface area contributed by atoms with Crippen molar-refractivity contribution < 1.29 is 9.29 Å². The van der Waals surface area contributed by atoms with E-state index in [1.54, 1.807) is 0 Å². The Morgan fingerprint density at radius 2 is 2.20 bits per heavy atom. The summed E-state index contributed by atoms with van der Waals surface area (Å²) in [6.07, 6.45) is 0. The van der Waals surface area contributed by atoms with E-state index in [4.69, 9.17) is 5.11 Å². The summed E-state index contributed by atoms with van der Waals surface area (Å²) in [6.45, 7) is 2.93. The van der Waals surface area contributed by atoms with Crippen molar-refractivity contribution in [1.82, 2.24) is 0 Å². The van der Waals surface area contributed by atoms with E-state index in [1.807, 2.05) is 0 Å². The first-order valence-electron chi connectivity index (χ1n) is 0.964. The van der Waals surface area contributed by atoms with Gasteiger partial charge in [-0.1, -0.05) is 0 Å². The number of rotatable bonds is 1. The molecular formula is C2H4O2S. The van der Waals surface area contributed by atoms with Gasteiger partial charge in [-0.05, 0) is 6.58 Å². The van der Waals surface area contributed by atoms with Crippen LogP contribution in [-0.4, -0.2) is 5.11 Å². The Labute approximate surface area is 35.7 Å². The third kappa shape index (κ3) is 3.69. The number of hydrogen-bond acceptors (Lipinski definition) is 3. The van der Waals surface area contributed by atoms with Crippen LogP contribution >= 0.6 is 12.9 Å². The number of hydrogen-bond donors (Lipinski definition) is 2. The topological polar surface area (TPSA) is 29.5 Å². The predicted octanol–water partition coefficient (Wildman–Crippen LogP) is 0.877. The van der Waals surface area contributed by atoms with Crippen LogP contribution in [0.25, 0.3) is 0 Å². The van der Waals surface area contributed by atoms with Gasteiger partial charge in [-0.25, -0.2) is 0 Å². The van der Waals surface area contributed by atoms with Gasteiger partial charge < -0.3 is 9.29 Å². The Hall–Kier alpha value is -0.310. The average Bonchev–Trinajstić information content (AvgIpc) is 1.38. The molecule has 0 saturated carbocycles. The van der Waals surface area contributed by atoms with Gasteiger partial charge in [0.05, 0.1) is 0 Å². The van der Waals surface area contributed by atoms with Gasteiger partial charge in [-0.3, -0.25) is 0 Å². The molecule has 0 heterocycles. The van der Waals surface area contributed by atoms with Gasteiger partial charge in [0.25, 0.3) is 5.95 Å². The van der Waals surface area contributed by atoms with Crippen LogP contribution in [-0.2, 0) is 4.18 Å². The highest BCUT2D eigenvalue weighted by Crippen LogP contribution is 1.85. The molecular weight excluding hydrogens is 88.1 g/mol. The summed E-state index contributed by atoms with van der Waals surface area (Å²) < 4.78 is 3.81. The first-order chi connectivity index (χ1) is 2.27. The fourth-order valence-corrected chi connectivity index (χ4v) is 0. The second-order valence-corrected chi connectivity index (χ2v) is 0.668. The molecule has 1 N–H and O–H groups in total. The van der Waals surface area contributed by atoms with Crippen LogP contribution in [0, 0.1) is 0 Å². The molecule has 0 aliphatic rings. The van der Waals surface area contributed by atoms with E-state index in [0.29, 0.717) is 0 Å². The van der Waals surface area contributed by atoms with Crippen molar-refractivity contribution in [2.75, 3.05) is 0 Å². The lowest BCUT2D eigenvalue weighted by Gasteiger charge is -1.83. The minimum Gasteiger partial charge on any atom is -0.481 e. The van der Waals surface area contributed by atoms with Gasteiger partial charge in [0.15, 0.2) is 0 Å². The van der Waals surface area contributed by atoms with Crippen LogP contribution in [0.3, 0.4) is 0 Å². The molecule has 0 fully saturated rings. The fraction of sp³-hybridized carbons (Fsp3) is 0. The van der Waals surface area contributed by atoms with Gasteiger partial charge >= 0.3 is 0 Å². The largest absolute Gasteiger partial charge is 0.481 e. The van der Waals surface area contributed by atoms with Crippen LogP contribution in [0.15, 0.2) is 12.5 Å². The monoisotopic (exact) mass is 92.0 g/mol. The maximum Gasteiger partial charge on any atom is 0.281 e. The molecule has 0 aliphatic carbocycles. The Bertz CT molecular complexity index is 42.9. The first kappa shape index (κ1) is 4.69. The third-order valence-electron chi connectivity index (χ3n) is 0.105. The number of thiol groups is 1. The summed E-state index contributed by atoms with van der Waals surface area (Å²) in [7, 11) is 0. The lowest BCUT2D eigenvalue weighted by Crippen LogP contribution is -1.68. The maximum absolute atomic E-state index is 7.87. The molecule has 0 aromatic heterocycles. The van der Waals surface area contributed by atoms with Gasteiger partial charge in [0.2, 0.25) is 0 Å². The summed E-state index contributed by atoms with van der Waals surface area (Å²) in [6, 6.07) is 0. The van der Waals surface area contributed by atoms with Crippen molar-refractivity contribution in [3.63, 3.8) is 0 Å². The van der Waals surface area contributed by atoms with Crippen LogP contribution < -0.4 is 0 Å². The first-order valence-corrected chi connectivity index (χ1v) is 1.33. The second-order valence-electron chi connectivity index (χ2n) is 0.485. The normalized spacial score (nSPS) is 6.60. The van der Waals surface area contributed by atoms with Crippen LogP contribution in [0.5, 0.6) is 0 Å². The number of aliphatic hydroxyl groups is 1. The average molecular weight is 92.1 g/mol. The molecule has 0 amide bonds. The molecule has 30 valence electrons. The van der Waals surface area contributed by atoms with Crippen molar-refractivity contribution in [3.8, 4) is 0 Å². The Morgan fingerprint density at radius 1 is 2.00 bits per heavy atom. The van der Waals surface area contributed by atoms with E-state index in [-0.39, 0.29) is 5.95 Å². The van der Waals surface area contributed by atoms with Crippen LogP contribution in [0.1, 0.15) is 0 Å². The molecule has 0 aromatic rings. The van der Waals surface area contributed by atoms with Crippen LogP contribution in [0.4, 0.5) is 0 Å². The maximum atomic E-state index is 7.87. The molecule has 0 atom stereocenters. The highest BCUT2D eigenvalue weighted by Gasteiger charge is 1.70. The van der Waals surface area contributed by atoms with Crippen molar-refractivity contribution >= 4 is 12.9 Å². The minimum atomic E-state index is -0.381. The van der Waals surface area contributed by atoms with E-state index in [0.717, 1.165) is 0 Å². The lowest BCUT2D eigenvalue weighted by atomic mass is 11.1. The number of aliphatic hydroxyl groups excluding tert-OH is 1. The fourth-order valence-electron chi connectivity index (χ4n) is 0. The zero-order chi connectivity index (χ0) is 4.28. The van der Waals surface area contributed by atoms with Gasteiger partial charge in [-0.2, -0.15) is 0 Å². The predicted molar refractivity (Wildman–Crippen MR) is 21.8 cm³/mol. The molecule has 0 saturated heterocycles. The quantitative estimate of drug-likeness (QED) is 0.285. The second kappa shape index (κ2) is 1.96. The van der Waals surface area contributed by atoms with E-state index in [2.05, 4.69) is 23.7 Å². The van der Waals surface area contributed by atoms with Crippen molar-refractivity contribution in [2.45, 2.75) is 0 Å². The van der Waals surface area contributed by atoms with Crippen molar-refractivity contribution in [1.29, 1.82) is 0 Å².